The summed E-state index contributed by atoms with van der Waals surface area (Å²) in [6, 6.07) is -0.0791. The Bertz CT molecular complexity index is 886. The third-order valence-corrected chi connectivity index (χ3v) is 7.85. The molecule has 1 amide bonds. The molecule has 2 atom stereocenters. The van der Waals surface area contributed by atoms with Gasteiger partial charge in [0, 0.05) is 38.2 Å². The van der Waals surface area contributed by atoms with E-state index in [4.69, 9.17) is 4.98 Å². The van der Waals surface area contributed by atoms with Crippen LogP contribution in [0.3, 0.4) is 0 Å². The molecule has 0 aromatic carbocycles. The SMILES string of the molecule is O=C(C[C@@H]1C=CCC1)N1CCC[C@H]1c1nc2c(c(=O)[nH]1)CCN(CC1CCCCC1)C2. The second kappa shape index (κ2) is 9.27. The summed E-state index contributed by atoms with van der Waals surface area (Å²) in [5, 5.41) is 0. The maximum Gasteiger partial charge on any atom is 0.254 e. The van der Waals surface area contributed by atoms with Gasteiger partial charge in [0.05, 0.1) is 11.7 Å². The van der Waals surface area contributed by atoms with E-state index in [0.29, 0.717) is 18.2 Å². The highest BCUT2D eigenvalue weighted by Crippen LogP contribution is 2.33. The normalized spacial score (nSPS) is 27.0. The van der Waals surface area contributed by atoms with Crippen molar-refractivity contribution in [3.63, 3.8) is 0 Å². The molecule has 6 nitrogen and oxygen atoms in total. The number of allylic oxidation sites excluding steroid dienone is 2. The van der Waals surface area contributed by atoms with Crippen molar-refractivity contribution < 1.29 is 4.79 Å². The highest BCUT2D eigenvalue weighted by molar-refractivity contribution is 5.77. The molecule has 1 saturated carbocycles. The van der Waals surface area contributed by atoms with E-state index in [0.717, 1.165) is 75.5 Å². The Morgan fingerprint density at radius 3 is 2.77 bits per heavy atom. The molecule has 1 aromatic heterocycles. The van der Waals surface area contributed by atoms with Crippen molar-refractivity contribution in [2.45, 2.75) is 83.2 Å². The van der Waals surface area contributed by atoms with Crippen molar-refractivity contribution in [2.24, 2.45) is 11.8 Å². The van der Waals surface area contributed by atoms with E-state index in [1.807, 2.05) is 4.90 Å². The van der Waals surface area contributed by atoms with Crippen molar-refractivity contribution in [3.05, 3.63) is 39.6 Å². The molecule has 168 valence electrons. The Labute approximate surface area is 185 Å². The molecular formula is C25H36N4O2. The van der Waals surface area contributed by atoms with E-state index in [1.54, 1.807) is 0 Å². The second-order valence-electron chi connectivity index (χ2n) is 10.1. The first kappa shape index (κ1) is 20.9. The molecule has 0 unspecified atom stereocenters. The number of carbonyl (C=O) groups excluding carboxylic acids is 1. The van der Waals surface area contributed by atoms with Crippen LogP contribution in [0.15, 0.2) is 16.9 Å². The summed E-state index contributed by atoms with van der Waals surface area (Å²) in [6.45, 7) is 3.63. The zero-order valence-electron chi connectivity index (χ0n) is 18.7. The van der Waals surface area contributed by atoms with Crippen molar-refractivity contribution in [2.75, 3.05) is 19.6 Å². The van der Waals surface area contributed by atoms with Crippen LogP contribution in [0.4, 0.5) is 0 Å². The van der Waals surface area contributed by atoms with Gasteiger partial charge >= 0.3 is 0 Å². The Morgan fingerprint density at radius 1 is 1.10 bits per heavy atom. The van der Waals surface area contributed by atoms with Crippen LogP contribution in [0, 0.1) is 11.8 Å². The fourth-order valence-corrected chi connectivity index (χ4v) is 6.12. The summed E-state index contributed by atoms with van der Waals surface area (Å²) in [5.41, 5.74) is 1.81. The number of amides is 1. The van der Waals surface area contributed by atoms with E-state index in [1.165, 1.54) is 32.1 Å². The minimum absolute atomic E-state index is 0.00958. The molecule has 1 saturated heterocycles. The molecule has 6 heteroatoms. The third kappa shape index (κ3) is 4.64. The first-order chi connectivity index (χ1) is 15.2. The maximum atomic E-state index is 13.0. The number of likely N-dealkylation sites (tertiary alicyclic amines) is 1. The Morgan fingerprint density at radius 2 is 1.97 bits per heavy atom. The Balaban J connectivity index is 1.30. The topological polar surface area (TPSA) is 69.3 Å². The van der Waals surface area contributed by atoms with Crippen molar-refractivity contribution in [1.29, 1.82) is 0 Å². The summed E-state index contributed by atoms with van der Waals surface area (Å²) in [7, 11) is 0. The van der Waals surface area contributed by atoms with Gasteiger partial charge in [-0.15, -0.1) is 0 Å². The number of carbonyl (C=O) groups is 1. The molecular weight excluding hydrogens is 388 g/mol. The van der Waals surface area contributed by atoms with E-state index < -0.39 is 0 Å². The number of aromatic amines is 1. The van der Waals surface area contributed by atoms with E-state index in [-0.39, 0.29) is 17.5 Å². The van der Waals surface area contributed by atoms with Crippen molar-refractivity contribution in [1.82, 2.24) is 19.8 Å². The summed E-state index contributed by atoms with van der Waals surface area (Å²) >= 11 is 0. The van der Waals surface area contributed by atoms with E-state index in [2.05, 4.69) is 22.0 Å². The zero-order chi connectivity index (χ0) is 21.2. The van der Waals surface area contributed by atoms with Crippen LogP contribution in [0.25, 0.3) is 0 Å². The van der Waals surface area contributed by atoms with Crippen LogP contribution in [0.5, 0.6) is 0 Å². The number of nitrogens with zero attached hydrogens (tertiary/aromatic N) is 3. The Kier molecular flexibility index (Phi) is 6.26. The molecule has 0 spiro atoms. The van der Waals surface area contributed by atoms with Gasteiger partial charge in [-0.05, 0) is 56.8 Å². The number of fused-ring (bicyclic) bond motifs is 1. The zero-order valence-corrected chi connectivity index (χ0v) is 18.7. The maximum absolute atomic E-state index is 13.0. The number of rotatable bonds is 5. The van der Waals surface area contributed by atoms with Gasteiger partial charge < -0.3 is 9.88 Å². The van der Waals surface area contributed by atoms with Gasteiger partial charge in [-0.2, -0.15) is 0 Å². The molecule has 0 bridgehead atoms. The molecule has 31 heavy (non-hydrogen) atoms. The quantitative estimate of drug-likeness (QED) is 0.732. The van der Waals surface area contributed by atoms with Crippen LogP contribution in [-0.2, 0) is 17.8 Å². The fraction of sp³-hybridized carbons (Fsp3) is 0.720. The van der Waals surface area contributed by atoms with Gasteiger partial charge in [0.25, 0.3) is 5.56 Å². The van der Waals surface area contributed by atoms with Gasteiger partial charge in [-0.3, -0.25) is 14.5 Å². The van der Waals surface area contributed by atoms with Gasteiger partial charge in [0.1, 0.15) is 5.82 Å². The number of hydrogen-bond acceptors (Lipinski definition) is 4. The van der Waals surface area contributed by atoms with Crippen molar-refractivity contribution >= 4 is 5.91 Å². The molecule has 3 heterocycles. The molecule has 2 aliphatic carbocycles. The summed E-state index contributed by atoms with van der Waals surface area (Å²) in [6.07, 6.45) is 16.5. The minimum Gasteiger partial charge on any atom is -0.332 e. The molecule has 2 aliphatic heterocycles. The number of aromatic nitrogens is 2. The molecule has 2 fully saturated rings. The highest BCUT2D eigenvalue weighted by Gasteiger charge is 2.34. The van der Waals surface area contributed by atoms with E-state index >= 15 is 0 Å². The average Bonchev–Trinajstić information content (AvgIpc) is 3.46. The van der Waals surface area contributed by atoms with Crippen LogP contribution < -0.4 is 5.56 Å². The third-order valence-electron chi connectivity index (χ3n) is 7.85. The van der Waals surface area contributed by atoms with Gasteiger partial charge in [0.2, 0.25) is 5.91 Å². The molecule has 1 aromatic rings. The van der Waals surface area contributed by atoms with Crippen LogP contribution in [0.1, 0.15) is 87.3 Å². The summed E-state index contributed by atoms with van der Waals surface area (Å²) in [5.74, 6) is 2.08. The van der Waals surface area contributed by atoms with Gasteiger partial charge in [-0.1, -0.05) is 31.4 Å². The minimum atomic E-state index is -0.0791. The van der Waals surface area contributed by atoms with Crippen LogP contribution in [0.2, 0.25) is 0 Å². The fourth-order valence-electron chi connectivity index (χ4n) is 6.12. The molecule has 0 radical (unpaired) electrons. The lowest BCUT2D eigenvalue weighted by Crippen LogP contribution is -2.39. The standard InChI is InChI=1S/C25H36N4O2/c30-23(15-18-7-4-5-8-18)29-13-6-11-22(29)24-26-21-17-28(14-12-20(21)25(31)27-24)16-19-9-2-1-3-10-19/h4,7,18-19,22H,1-3,5-6,8-17H2,(H,26,27,31)/t18-,22+/m1/s1. The highest BCUT2D eigenvalue weighted by atomic mass is 16.2. The lowest BCUT2D eigenvalue weighted by atomic mass is 9.88. The average molecular weight is 425 g/mol. The first-order valence-corrected chi connectivity index (χ1v) is 12.5. The summed E-state index contributed by atoms with van der Waals surface area (Å²) < 4.78 is 0. The monoisotopic (exact) mass is 424 g/mol. The smallest absolute Gasteiger partial charge is 0.254 e. The first-order valence-electron chi connectivity index (χ1n) is 12.5. The van der Waals surface area contributed by atoms with Crippen LogP contribution >= 0.6 is 0 Å². The van der Waals surface area contributed by atoms with Crippen molar-refractivity contribution in [3.8, 4) is 0 Å². The number of hydrogen-bond donors (Lipinski definition) is 1. The summed E-state index contributed by atoms with van der Waals surface area (Å²) in [4.78, 5) is 38.4. The lowest BCUT2D eigenvalue weighted by molar-refractivity contribution is -0.133. The second-order valence-corrected chi connectivity index (χ2v) is 10.1. The molecule has 1 N–H and O–H groups in total. The largest absolute Gasteiger partial charge is 0.332 e. The van der Waals surface area contributed by atoms with Gasteiger partial charge in [0.15, 0.2) is 0 Å². The predicted octanol–water partition coefficient (Wildman–Crippen LogP) is 3.73. The van der Waals surface area contributed by atoms with E-state index in [9.17, 15) is 9.59 Å². The predicted molar refractivity (Wildman–Crippen MR) is 121 cm³/mol. The molecule has 4 aliphatic rings. The Hall–Kier alpha value is -1.95. The van der Waals surface area contributed by atoms with Gasteiger partial charge in [-0.25, -0.2) is 4.98 Å². The number of nitrogens with one attached hydrogen (secondary N) is 1. The lowest BCUT2D eigenvalue weighted by Gasteiger charge is -2.33. The van der Waals surface area contributed by atoms with Crippen LogP contribution in [-0.4, -0.2) is 45.3 Å². The molecule has 5 rings (SSSR count). The number of H-pyrrole nitrogens is 1.